The first-order chi connectivity index (χ1) is 28.5. The Labute approximate surface area is 350 Å². The molecule has 0 fully saturated rings. The summed E-state index contributed by atoms with van der Waals surface area (Å²) in [5.74, 6) is -3.05. The molecule has 0 aromatic carbocycles. The summed E-state index contributed by atoms with van der Waals surface area (Å²) in [4.78, 5) is 81.7. The summed E-state index contributed by atoms with van der Waals surface area (Å²) < 4.78 is 21.3. The van der Waals surface area contributed by atoms with Gasteiger partial charge >= 0.3 is 11.9 Å². The third-order valence-electron chi connectivity index (χ3n) is 9.27. The molecule has 0 aromatic heterocycles. The van der Waals surface area contributed by atoms with E-state index in [1.807, 2.05) is 0 Å². The van der Waals surface area contributed by atoms with Crippen molar-refractivity contribution in [3.63, 3.8) is 0 Å². The van der Waals surface area contributed by atoms with E-state index in [0.717, 1.165) is 70.6 Å². The van der Waals surface area contributed by atoms with Crippen LogP contribution in [0.5, 0.6) is 0 Å². The number of likely N-dealkylation sites (N-methyl/N-ethyl adjacent to an activating group) is 1. The number of rotatable bonds is 43. The van der Waals surface area contributed by atoms with Gasteiger partial charge in [-0.2, -0.15) is 0 Å². The number of carboxylic acid groups (broad SMARTS) is 2. The van der Waals surface area contributed by atoms with Gasteiger partial charge in [0.25, 0.3) is 0 Å². The van der Waals surface area contributed by atoms with Gasteiger partial charge in [0.2, 0.25) is 23.6 Å². The van der Waals surface area contributed by atoms with Crippen LogP contribution in [0.2, 0.25) is 0 Å². The lowest BCUT2D eigenvalue weighted by Gasteiger charge is -2.14. The minimum atomic E-state index is -1.19. The minimum absolute atomic E-state index is 0.0302. The highest BCUT2D eigenvalue weighted by Gasteiger charge is 2.21. The Morgan fingerprint density at radius 1 is 0.458 bits per heavy atom. The second-order valence-corrected chi connectivity index (χ2v) is 14.5. The molecule has 0 saturated carbocycles. The van der Waals surface area contributed by atoms with Gasteiger partial charge in [-0.3, -0.25) is 28.8 Å². The predicted molar refractivity (Wildman–Crippen MR) is 221 cm³/mol. The number of carbonyl (C=O) groups is 7. The summed E-state index contributed by atoms with van der Waals surface area (Å²) in [6.07, 6.45) is 15.0. The molecule has 0 spiro atoms. The molecular weight excluding hydrogens is 770 g/mol. The van der Waals surface area contributed by atoms with Gasteiger partial charge in [-0.05, 0) is 52.5 Å². The van der Waals surface area contributed by atoms with Crippen LogP contribution in [0.3, 0.4) is 0 Å². The minimum Gasteiger partial charge on any atom is -0.481 e. The Balaban J connectivity index is 3.66. The summed E-state index contributed by atoms with van der Waals surface area (Å²) in [7, 11) is 1.75. The van der Waals surface area contributed by atoms with Crippen molar-refractivity contribution < 1.29 is 62.7 Å². The van der Waals surface area contributed by atoms with E-state index in [1.165, 1.54) is 19.3 Å². The molecule has 0 heterocycles. The van der Waals surface area contributed by atoms with E-state index in [0.29, 0.717) is 13.0 Å². The molecule has 59 heavy (non-hydrogen) atoms. The number of nitrogens with one attached hydrogen (secondary N) is 5. The molecule has 342 valence electrons. The summed E-state index contributed by atoms with van der Waals surface area (Å²) in [6, 6.07) is -1.30. The van der Waals surface area contributed by atoms with Crippen LogP contribution < -0.4 is 26.6 Å². The Morgan fingerprint density at radius 3 is 1.39 bits per heavy atom. The predicted octanol–water partition coefficient (Wildman–Crippen LogP) is 2.64. The number of Topliss-reactive ketones (excluding diaryl/α,β-unsaturated/α-hetero) is 1. The quantitative estimate of drug-likeness (QED) is 0.0436. The molecule has 18 heteroatoms. The second kappa shape index (κ2) is 39.7. The highest BCUT2D eigenvalue weighted by molar-refractivity contribution is 5.84. The monoisotopic (exact) mass is 846 g/mol. The van der Waals surface area contributed by atoms with Crippen molar-refractivity contribution in [1.29, 1.82) is 0 Å². The molecule has 18 nitrogen and oxygen atoms in total. The lowest BCUT2D eigenvalue weighted by atomic mass is 10.0. The maximum absolute atomic E-state index is 12.3. The standard InChI is InChI=1S/C41H75N5O13/c1-33(47)34(42-2)17-15-16-22-43-38(50)31-58-29-28-57-26-24-45-39(51)32-59-30-27-56-25-23-44-36(48)21-20-35(41(54)55)46-37(49)18-13-11-9-7-5-3-4-6-8-10-12-14-19-40(52)53/h34-35,42H,3-32H2,1-2H3,(H,43,50)(H,44,48)(H,45,51)(H,46,49)(H,52,53)(H,54,55)/t34-,35-/m0/s1. The van der Waals surface area contributed by atoms with Crippen LogP contribution in [0.4, 0.5) is 0 Å². The number of carbonyl (C=O) groups excluding carboxylic acids is 5. The van der Waals surface area contributed by atoms with Crippen molar-refractivity contribution in [2.45, 2.75) is 141 Å². The van der Waals surface area contributed by atoms with Gasteiger partial charge in [0.1, 0.15) is 25.0 Å². The Bertz CT molecular complexity index is 1160. The first-order valence-corrected chi connectivity index (χ1v) is 21.5. The van der Waals surface area contributed by atoms with E-state index in [4.69, 9.17) is 24.1 Å². The van der Waals surface area contributed by atoms with Crippen LogP contribution in [-0.2, 0) is 52.5 Å². The van der Waals surface area contributed by atoms with Crippen molar-refractivity contribution in [3.05, 3.63) is 0 Å². The zero-order valence-electron chi connectivity index (χ0n) is 35.8. The largest absolute Gasteiger partial charge is 0.481 e. The molecule has 0 bridgehead atoms. The lowest BCUT2D eigenvalue weighted by Crippen LogP contribution is -2.41. The fourth-order valence-corrected chi connectivity index (χ4v) is 5.87. The molecule has 7 N–H and O–H groups in total. The van der Waals surface area contributed by atoms with E-state index < -0.39 is 18.0 Å². The van der Waals surface area contributed by atoms with Crippen molar-refractivity contribution >= 4 is 41.4 Å². The van der Waals surface area contributed by atoms with E-state index in [2.05, 4.69) is 26.6 Å². The molecule has 0 aliphatic heterocycles. The summed E-state index contributed by atoms with van der Waals surface area (Å²) >= 11 is 0. The zero-order valence-corrected chi connectivity index (χ0v) is 35.8. The SMILES string of the molecule is CN[C@@H](CCCCNC(=O)COCCOCCNC(=O)COCCOCCNC(=O)CC[C@H](NC(=O)CCCCCCCCCCCCCCC(=O)O)C(=O)O)C(C)=O. The summed E-state index contributed by atoms with van der Waals surface area (Å²) in [5.41, 5.74) is 0. The fraction of sp³-hybridized carbons (Fsp3) is 0.829. The van der Waals surface area contributed by atoms with E-state index in [9.17, 15) is 38.7 Å². The van der Waals surface area contributed by atoms with Crippen molar-refractivity contribution in [2.75, 3.05) is 79.5 Å². The molecule has 0 unspecified atom stereocenters. The summed E-state index contributed by atoms with van der Waals surface area (Å²) in [6.45, 7) is 3.65. The highest BCUT2D eigenvalue weighted by Crippen LogP contribution is 2.13. The number of aliphatic carboxylic acids is 2. The number of amides is 4. The third kappa shape index (κ3) is 38.3. The lowest BCUT2D eigenvalue weighted by molar-refractivity contribution is -0.142. The van der Waals surface area contributed by atoms with Crippen LogP contribution >= 0.6 is 0 Å². The van der Waals surface area contributed by atoms with Gasteiger partial charge in [-0.15, -0.1) is 0 Å². The summed E-state index contributed by atoms with van der Waals surface area (Å²) in [5, 5.41) is 31.7. The van der Waals surface area contributed by atoms with Crippen LogP contribution in [0.1, 0.15) is 129 Å². The van der Waals surface area contributed by atoms with Crippen LogP contribution in [-0.4, -0.2) is 143 Å². The normalized spacial score (nSPS) is 12.0. The van der Waals surface area contributed by atoms with Gasteiger partial charge in [-0.25, -0.2) is 4.79 Å². The Hall–Kier alpha value is -3.71. The molecule has 0 aliphatic rings. The van der Waals surface area contributed by atoms with Gasteiger partial charge in [0, 0.05) is 38.9 Å². The maximum Gasteiger partial charge on any atom is 0.326 e. The molecule has 4 amide bonds. The van der Waals surface area contributed by atoms with Crippen molar-refractivity contribution in [1.82, 2.24) is 26.6 Å². The molecule has 0 rings (SSSR count). The van der Waals surface area contributed by atoms with Gasteiger partial charge in [0.05, 0.1) is 45.7 Å². The molecule has 0 aromatic rings. The van der Waals surface area contributed by atoms with Crippen molar-refractivity contribution in [3.8, 4) is 0 Å². The first-order valence-electron chi connectivity index (χ1n) is 21.5. The molecular formula is C41H75N5O13. The van der Waals surface area contributed by atoms with Gasteiger partial charge in [-0.1, -0.05) is 64.2 Å². The number of ketones is 1. The average Bonchev–Trinajstić information content (AvgIpc) is 3.19. The average molecular weight is 846 g/mol. The number of hydrogen-bond donors (Lipinski definition) is 7. The Kier molecular flexibility index (Phi) is 37.2. The zero-order chi connectivity index (χ0) is 43.8. The van der Waals surface area contributed by atoms with Crippen LogP contribution in [0.25, 0.3) is 0 Å². The van der Waals surface area contributed by atoms with Crippen LogP contribution in [0, 0.1) is 0 Å². The van der Waals surface area contributed by atoms with E-state index >= 15 is 0 Å². The Morgan fingerprint density at radius 2 is 0.915 bits per heavy atom. The fourth-order valence-electron chi connectivity index (χ4n) is 5.87. The number of unbranched alkanes of at least 4 members (excludes halogenated alkanes) is 12. The molecule has 0 saturated heterocycles. The highest BCUT2D eigenvalue weighted by atomic mass is 16.5. The van der Waals surface area contributed by atoms with E-state index in [-0.39, 0.29) is 127 Å². The van der Waals surface area contributed by atoms with E-state index in [1.54, 1.807) is 14.0 Å². The molecule has 2 atom stereocenters. The second-order valence-electron chi connectivity index (χ2n) is 14.5. The van der Waals surface area contributed by atoms with Gasteiger partial charge < -0.3 is 55.7 Å². The molecule has 0 aliphatic carbocycles. The van der Waals surface area contributed by atoms with Gasteiger partial charge in [0.15, 0.2) is 0 Å². The maximum atomic E-state index is 12.3. The number of ether oxygens (including phenoxy) is 4. The van der Waals surface area contributed by atoms with Crippen LogP contribution in [0.15, 0.2) is 0 Å². The topological polar surface area (TPSA) is 257 Å². The third-order valence-corrected chi connectivity index (χ3v) is 9.27. The smallest absolute Gasteiger partial charge is 0.326 e. The molecule has 0 radical (unpaired) electrons. The van der Waals surface area contributed by atoms with Crippen molar-refractivity contribution in [2.24, 2.45) is 0 Å². The number of carboxylic acids is 2. The number of hydrogen-bond acceptors (Lipinski definition) is 12. The first kappa shape index (κ1) is 55.3.